The van der Waals surface area contributed by atoms with Crippen LogP contribution in [0, 0.1) is 0 Å². The van der Waals surface area contributed by atoms with E-state index >= 15 is 0 Å². The van der Waals surface area contributed by atoms with E-state index in [-0.39, 0.29) is 18.4 Å². The van der Waals surface area contributed by atoms with Crippen LogP contribution in [0.25, 0.3) is 0 Å². The van der Waals surface area contributed by atoms with Crippen LogP contribution in [0.5, 0.6) is 0 Å². The van der Waals surface area contributed by atoms with E-state index in [2.05, 4.69) is 45.2 Å². The van der Waals surface area contributed by atoms with Crippen LogP contribution in [0.1, 0.15) is 219 Å². The van der Waals surface area contributed by atoms with Gasteiger partial charge in [-0.05, 0) is 32.1 Å². The summed E-state index contributed by atoms with van der Waals surface area (Å²) in [5.74, 6) is 0.138. The second kappa shape index (κ2) is 35.7. The molecule has 0 radical (unpaired) electrons. The molecule has 0 spiro atoms. The van der Waals surface area contributed by atoms with E-state index in [0.29, 0.717) is 6.42 Å². The maximum Gasteiger partial charge on any atom is 0.241 e. The predicted molar refractivity (Wildman–Crippen MR) is 212 cm³/mol. The zero-order valence-electron chi connectivity index (χ0n) is 33.7. The largest absolute Gasteiger partial charge is 0.347 e. The Morgan fingerprint density at radius 1 is 0.438 bits per heavy atom. The minimum atomic E-state index is 0.0292. The summed E-state index contributed by atoms with van der Waals surface area (Å²) < 4.78 is 0.967. The van der Waals surface area contributed by atoms with Gasteiger partial charge in [-0.15, -0.1) is 0 Å². The quantitative estimate of drug-likeness (QED) is 0.0522. The number of rotatable bonds is 38. The van der Waals surface area contributed by atoms with E-state index in [1.807, 2.05) is 0 Å². The van der Waals surface area contributed by atoms with Crippen molar-refractivity contribution in [3.05, 3.63) is 0 Å². The van der Waals surface area contributed by atoms with Crippen molar-refractivity contribution in [1.29, 1.82) is 0 Å². The smallest absolute Gasteiger partial charge is 0.241 e. The second-order valence-corrected chi connectivity index (χ2v) is 16.2. The molecule has 0 saturated heterocycles. The molecule has 0 rings (SSSR count). The van der Waals surface area contributed by atoms with Crippen molar-refractivity contribution in [2.24, 2.45) is 0 Å². The SMILES string of the molecule is CCCCCCCCCCCCCCCCN(CCCCCCCCCCCCCCCC)C(=O)CNC(=O)CCCCC[N+](C)(C)C. The summed E-state index contributed by atoms with van der Waals surface area (Å²) in [6.45, 7) is 7.56. The Morgan fingerprint density at radius 3 is 1.08 bits per heavy atom. The summed E-state index contributed by atoms with van der Waals surface area (Å²) in [5.41, 5.74) is 0. The molecule has 0 aliphatic carbocycles. The molecule has 286 valence electrons. The third kappa shape index (κ3) is 36.2. The standard InChI is InChI=1S/C43H87N3O2/c1-6-8-10-12-14-16-18-20-22-24-26-28-30-34-38-45(43(48)41-44-42(47)37-33-32-36-40-46(3,4)5)39-35-31-29-27-25-23-21-19-17-15-13-11-9-7-2/h6-41H2,1-5H3/p+1. The van der Waals surface area contributed by atoms with Crippen molar-refractivity contribution >= 4 is 11.8 Å². The number of unbranched alkanes of at least 4 members (excludes halogenated alkanes) is 28. The van der Waals surface area contributed by atoms with Crippen LogP contribution < -0.4 is 5.32 Å². The molecule has 0 bridgehead atoms. The van der Waals surface area contributed by atoms with Gasteiger partial charge in [0, 0.05) is 19.5 Å². The molecule has 0 aromatic rings. The van der Waals surface area contributed by atoms with E-state index < -0.39 is 0 Å². The van der Waals surface area contributed by atoms with E-state index in [1.54, 1.807) is 0 Å². The van der Waals surface area contributed by atoms with Crippen molar-refractivity contribution in [3.8, 4) is 0 Å². The van der Waals surface area contributed by atoms with Crippen LogP contribution >= 0.6 is 0 Å². The van der Waals surface area contributed by atoms with Crippen LogP contribution in [-0.2, 0) is 9.59 Å². The maximum atomic E-state index is 13.2. The number of carbonyl (C=O) groups excluding carboxylic acids is 2. The lowest BCUT2D eigenvalue weighted by molar-refractivity contribution is -0.870. The molecular weight excluding hydrogens is 590 g/mol. The number of nitrogens with one attached hydrogen (secondary N) is 1. The van der Waals surface area contributed by atoms with Crippen molar-refractivity contribution in [1.82, 2.24) is 10.2 Å². The highest BCUT2D eigenvalue weighted by atomic mass is 16.2. The monoisotopic (exact) mass is 679 g/mol. The first-order valence-corrected chi connectivity index (χ1v) is 21.6. The number of hydrogen-bond donors (Lipinski definition) is 1. The molecule has 0 saturated carbocycles. The number of amides is 2. The molecule has 0 aromatic carbocycles. The number of nitrogens with zero attached hydrogens (tertiary/aromatic N) is 2. The lowest BCUT2D eigenvalue weighted by atomic mass is 10.0. The predicted octanol–water partition coefficient (Wildman–Crippen LogP) is 12.2. The van der Waals surface area contributed by atoms with Gasteiger partial charge < -0.3 is 14.7 Å². The van der Waals surface area contributed by atoms with Crippen LogP contribution in [0.3, 0.4) is 0 Å². The summed E-state index contributed by atoms with van der Waals surface area (Å²) in [6.07, 6.45) is 41.4. The molecule has 0 unspecified atom stereocenters. The number of hydrogen-bond acceptors (Lipinski definition) is 2. The molecule has 48 heavy (non-hydrogen) atoms. The third-order valence-electron chi connectivity index (χ3n) is 10.1. The zero-order chi connectivity index (χ0) is 35.4. The van der Waals surface area contributed by atoms with Gasteiger partial charge in [0.05, 0.1) is 34.2 Å². The Hall–Kier alpha value is -1.10. The average Bonchev–Trinajstić information content (AvgIpc) is 3.05. The fourth-order valence-electron chi connectivity index (χ4n) is 6.78. The van der Waals surface area contributed by atoms with Crippen LogP contribution in [0.4, 0.5) is 0 Å². The van der Waals surface area contributed by atoms with Crippen molar-refractivity contribution in [2.75, 3.05) is 47.3 Å². The summed E-state index contributed by atoms with van der Waals surface area (Å²) in [4.78, 5) is 27.7. The lowest BCUT2D eigenvalue weighted by Gasteiger charge is -2.23. The van der Waals surface area contributed by atoms with Crippen molar-refractivity contribution < 1.29 is 14.1 Å². The molecule has 0 fully saturated rings. The van der Waals surface area contributed by atoms with Gasteiger partial charge in [0.15, 0.2) is 0 Å². The molecule has 0 atom stereocenters. The molecule has 0 aromatic heterocycles. The van der Waals surface area contributed by atoms with Gasteiger partial charge in [-0.2, -0.15) is 0 Å². The fourth-order valence-corrected chi connectivity index (χ4v) is 6.78. The summed E-state index contributed by atoms with van der Waals surface area (Å²) in [6, 6.07) is 0. The van der Waals surface area contributed by atoms with Crippen molar-refractivity contribution in [2.45, 2.75) is 219 Å². The molecule has 1 N–H and O–H groups in total. The second-order valence-electron chi connectivity index (χ2n) is 16.2. The Kier molecular flexibility index (Phi) is 34.9. The Labute approximate surface area is 302 Å². The maximum absolute atomic E-state index is 13.2. The molecule has 0 heterocycles. The van der Waals surface area contributed by atoms with E-state index in [4.69, 9.17) is 0 Å². The van der Waals surface area contributed by atoms with Gasteiger partial charge in [-0.25, -0.2) is 0 Å². The van der Waals surface area contributed by atoms with Gasteiger partial charge >= 0.3 is 0 Å². The van der Waals surface area contributed by atoms with Gasteiger partial charge in [-0.1, -0.05) is 181 Å². The molecule has 5 nitrogen and oxygen atoms in total. The van der Waals surface area contributed by atoms with Gasteiger partial charge in [0.1, 0.15) is 0 Å². The highest BCUT2D eigenvalue weighted by Gasteiger charge is 2.14. The summed E-state index contributed by atoms with van der Waals surface area (Å²) in [5, 5.41) is 2.94. The zero-order valence-corrected chi connectivity index (χ0v) is 33.7. The van der Waals surface area contributed by atoms with E-state index in [1.165, 1.54) is 167 Å². The Balaban J connectivity index is 4.21. The Morgan fingerprint density at radius 2 is 0.750 bits per heavy atom. The highest BCUT2D eigenvalue weighted by Crippen LogP contribution is 2.15. The average molecular weight is 679 g/mol. The van der Waals surface area contributed by atoms with Crippen LogP contribution in [-0.4, -0.2) is 68.5 Å². The first kappa shape index (κ1) is 46.9. The molecule has 5 heteroatoms. The first-order chi connectivity index (χ1) is 23.3. The van der Waals surface area contributed by atoms with Crippen LogP contribution in [0.15, 0.2) is 0 Å². The van der Waals surface area contributed by atoms with E-state index in [0.717, 1.165) is 56.2 Å². The normalized spacial score (nSPS) is 11.7. The first-order valence-electron chi connectivity index (χ1n) is 21.6. The number of carbonyl (C=O) groups is 2. The summed E-state index contributed by atoms with van der Waals surface area (Å²) in [7, 11) is 6.63. The number of quaternary nitrogens is 1. The summed E-state index contributed by atoms with van der Waals surface area (Å²) >= 11 is 0. The molecule has 0 aliphatic rings. The molecule has 2 amide bonds. The van der Waals surface area contributed by atoms with Gasteiger partial charge in [-0.3, -0.25) is 9.59 Å². The minimum absolute atomic E-state index is 0.0292. The topological polar surface area (TPSA) is 49.4 Å². The lowest BCUT2D eigenvalue weighted by Crippen LogP contribution is -2.41. The van der Waals surface area contributed by atoms with Crippen LogP contribution in [0.2, 0.25) is 0 Å². The van der Waals surface area contributed by atoms with Gasteiger partial charge in [0.25, 0.3) is 0 Å². The molecular formula is C43H88N3O2+. The van der Waals surface area contributed by atoms with Crippen molar-refractivity contribution in [3.63, 3.8) is 0 Å². The highest BCUT2D eigenvalue weighted by molar-refractivity contribution is 5.84. The third-order valence-corrected chi connectivity index (χ3v) is 10.1. The van der Waals surface area contributed by atoms with Gasteiger partial charge in [0.2, 0.25) is 11.8 Å². The molecule has 0 aliphatic heterocycles. The van der Waals surface area contributed by atoms with E-state index in [9.17, 15) is 9.59 Å². The Bertz CT molecular complexity index is 658. The fraction of sp³-hybridized carbons (Fsp3) is 0.953. The minimum Gasteiger partial charge on any atom is -0.347 e.